The van der Waals surface area contributed by atoms with Gasteiger partial charge in [-0.25, -0.2) is 4.98 Å². The number of Topliss-reactive ketones (excluding diaryl/α,β-unsaturated/α-hetero) is 2. The van der Waals surface area contributed by atoms with Gasteiger partial charge < -0.3 is 4.57 Å². The minimum absolute atomic E-state index is 0.119. The van der Waals surface area contributed by atoms with Crippen LogP contribution in [0.2, 0.25) is 0 Å². The molecule has 2 aromatic heterocycles. The Bertz CT molecular complexity index is 518. The van der Waals surface area contributed by atoms with E-state index in [0.29, 0.717) is 10.7 Å². The molecule has 0 aliphatic heterocycles. The van der Waals surface area contributed by atoms with E-state index < -0.39 is 0 Å². The molecule has 0 aromatic carbocycles. The van der Waals surface area contributed by atoms with Crippen molar-refractivity contribution in [3.63, 3.8) is 0 Å². The molecule has 0 amide bonds. The molecule has 0 aliphatic carbocycles. The van der Waals surface area contributed by atoms with E-state index in [4.69, 9.17) is 0 Å². The van der Waals surface area contributed by atoms with Crippen LogP contribution in [0.5, 0.6) is 0 Å². The Kier molecular flexibility index (Phi) is 3.19. The Hall–Kier alpha value is -1.75. The highest BCUT2D eigenvalue weighted by Crippen LogP contribution is 2.18. The van der Waals surface area contributed by atoms with Crippen LogP contribution in [-0.2, 0) is 7.05 Å². The number of carbonyl (C=O) groups is 2. The lowest BCUT2D eigenvalue weighted by atomic mass is 10.1. The quantitative estimate of drug-likeness (QED) is 0.616. The first-order chi connectivity index (χ1) is 8.09. The van der Waals surface area contributed by atoms with Crippen molar-refractivity contribution in [2.45, 2.75) is 13.3 Å². The first-order valence-corrected chi connectivity index (χ1v) is 6.05. The van der Waals surface area contributed by atoms with Crippen LogP contribution in [0.25, 0.3) is 0 Å². The summed E-state index contributed by atoms with van der Waals surface area (Å²) in [6, 6.07) is 1.88. The molecule has 0 fully saturated rings. The molecule has 5 heteroatoms. The highest BCUT2D eigenvalue weighted by molar-refractivity contribution is 7.12. The number of nitrogens with zero attached hydrogens (tertiary/aromatic N) is 2. The second-order valence-electron chi connectivity index (χ2n) is 3.82. The smallest absolute Gasteiger partial charge is 0.206 e. The Morgan fingerprint density at radius 3 is 2.71 bits per heavy atom. The lowest BCUT2D eigenvalue weighted by Crippen LogP contribution is -2.12. The minimum Gasteiger partial charge on any atom is -0.332 e. The van der Waals surface area contributed by atoms with Crippen LogP contribution < -0.4 is 0 Å². The second-order valence-corrected chi connectivity index (χ2v) is 4.73. The normalized spacial score (nSPS) is 10.5. The number of hydrogen-bond donors (Lipinski definition) is 0. The summed E-state index contributed by atoms with van der Waals surface area (Å²) < 4.78 is 1.62. The Balaban J connectivity index is 2.13. The molecule has 0 radical (unpaired) electrons. The summed E-state index contributed by atoms with van der Waals surface area (Å²) in [5.41, 5.74) is 0.924. The van der Waals surface area contributed by atoms with Gasteiger partial charge in [0.2, 0.25) is 5.78 Å². The minimum atomic E-state index is -0.240. The molecule has 0 saturated carbocycles. The molecule has 0 bridgehead atoms. The van der Waals surface area contributed by atoms with Crippen LogP contribution in [0.4, 0.5) is 0 Å². The standard InChI is InChI=1S/C12H12N2O2S/c1-8-3-6-17-11(8)9(15)7-10(16)12-13-4-5-14(12)2/h3-6H,7H2,1-2H3. The number of rotatable bonds is 4. The van der Waals surface area contributed by atoms with Crippen molar-refractivity contribution in [3.8, 4) is 0 Å². The first kappa shape index (κ1) is 11.7. The van der Waals surface area contributed by atoms with E-state index in [-0.39, 0.29) is 18.0 Å². The molecular weight excluding hydrogens is 236 g/mol. The maximum absolute atomic E-state index is 11.9. The summed E-state index contributed by atoms with van der Waals surface area (Å²) in [5, 5.41) is 1.85. The molecule has 0 unspecified atom stereocenters. The van der Waals surface area contributed by atoms with Gasteiger partial charge >= 0.3 is 0 Å². The predicted octanol–water partition coefficient (Wildman–Crippen LogP) is 2.25. The summed E-state index contributed by atoms with van der Waals surface area (Å²) in [5.74, 6) is -0.0478. The van der Waals surface area contributed by atoms with Gasteiger partial charge in [-0.3, -0.25) is 9.59 Å². The molecule has 2 heterocycles. The summed E-state index contributed by atoms with van der Waals surface area (Å²) in [7, 11) is 1.74. The Morgan fingerprint density at radius 1 is 1.41 bits per heavy atom. The van der Waals surface area contributed by atoms with Crippen molar-refractivity contribution < 1.29 is 9.59 Å². The molecule has 2 rings (SSSR count). The number of carbonyl (C=O) groups excluding carboxylic acids is 2. The number of aryl methyl sites for hydroxylation is 2. The van der Waals surface area contributed by atoms with Crippen LogP contribution in [-0.4, -0.2) is 21.1 Å². The number of hydrogen-bond acceptors (Lipinski definition) is 4. The van der Waals surface area contributed by atoms with E-state index in [1.807, 2.05) is 18.4 Å². The SMILES string of the molecule is Cc1ccsc1C(=O)CC(=O)c1nccn1C. The van der Waals surface area contributed by atoms with Crippen LogP contribution in [0.3, 0.4) is 0 Å². The van der Waals surface area contributed by atoms with E-state index in [0.717, 1.165) is 5.56 Å². The van der Waals surface area contributed by atoms with E-state index in [1.54, 1.807) is 24.0 Å². The topological polar surface area (TPSA) is 52.0 Å². The molecule has 0 saturated heterocycles. The van der Waals surface area contributed by atoms with Crippen molar-refractivity contribution in [3.05, 3.63) is 40.1 Å². The fourth-order valence-electron chi connectivity index (χ4n) is 1.60. The van der Waals surface area contributed by atoms with Gasteiger partial charge in [0, 0.05) is 19.4 Å². The number of imidazole rings is 1. The molecule has 0 aliphatic rings. The number of thiophene rings is 1. The largest absolute Gasteiger partial charge is 0.332 e. The van der Waals surface area contributed by atoms with Gasteiger partial charge in [-0.1, -0.05) is 0 Å². The maximum Gasteiger partial charge on any atom is 0.206 e. The monoisotopic (exact) mass is 248 g/mol. The summed E-state index contributed by atoms with van der Waals surface area (Å²) in [4.78, 5) is 28.3. The highest BCUT2D eigenvalue weighted by atomic mass is 32.1. The highest BCUT2D eigenvalue weighted by Gasteiger charge is 2.18. The van der Waals surface area contributed by atoms with E-state index >= 15 is 0 Å². The summed E-state index contributed by atoms with van der Waals surface area (Å²) in [6.45, 7) is 1.87. The predicted molar refractivity (Wildman–Crippen MR) is 65.5 cm³/mol. The third kappa shape index (κ3) is 2.34. The van der Waals surface area contributed by atoms with Gasteiger partial charge in [0.05, 0.1) is 11.3 Å². The van der Waals surface area contributed by atoms with E-state index in [9.17, 15) is 9.59 Å². The molecule has 4 nitrogen and oxygen atoms in total. The second kappa shape index (κ2) is 4.63. The zero-order valence-electron chi connectivity index (χ0n) is 9.64. The maximum atomic E-state index is 11.9. The fraction of sp³-hybridized carbons (Fsp3) is 0.250. The Morgan fingerprint density at radius 2 is 2.18 bits per heavy atom. The Labute approximate surface area is 103 Å². The third-order valence-electron chi connectivity index (χ3n) is 2.51. The van der Waals surface area contributed by atoms with Crippen molar-refractivity contribution >= 4 is 22.9 Å². The zero-order chi connectivity index (χ0) is 12.4. The van der Waals surface area contributed by atoms with Crippen LogP contribution in [0, 0.1) is 6.92 Å². The fourth-order valence-corrected chi connectivity index (χ4v) is 2.46. The van der Waals surface area contributed by atoms with Gasteiger partial charge in [0.25, 0.3) is 0 Å². The van der Waals surface area contributed by atoms with Crippen molar-refractivity contribution in [2.24, 2.45) is 7.05 Å². The van der Waals surface area contributed by atoms with Crippen LogP contribution >= 0.6 is 11.3 Å². The van der Waals surface area contributed by atoms with Crippen molar-refractivity contribution in [1.82, 2.24) is 9.55 Å². The van der Waals surface area contributed by atoms with Gasteiger partial charge in [-0.05, 0) is 23.9 Å². The van der Waals surface area contributed by atoms with Crippen LogP contribution in [0.1, 0.15) is 32.3 Å². The van der Waals surface area contributed by atoms with Gasteiger partial charge in [0.1, 0.15) is 0 Å². The molecule has 0 atom stereocenters. The van der Waals surface area contributed by atoms with E-state index in [2.05, 4.69) is 4.98 Å². The van der Waals surface area contributed by atoms with Gasteiger partial charge in [-0.2, -0.15) is 0 Å². The lowest BCUT2D eigenvalue weighted by Gasteiger charge is -2.00. The molecule has 17 heavy (non-hydrogen) atoms. The van der Waals surface area contributed by atoms with Crippen molar-refractivity contribution in [2.75, 3.05) is 0 Å². The summed E-state index contributed by atoms with van der Waals surface area (Å²) in [6.07, 6.45) is 3.12. The molecule has 0 N–H and O–H groups in total. The molecule has 2 aromatic rings. The first-order valence-electron chi connectivity index (χ1n) is 5.17. The van der Waals surface area contributed by atoms with Crippen molar-refractivity contribution in [1.29, 1.82) is 0 Å². The van der Waals surface area contributed by atoms with Gasteiger partial charge in [0.15, 0.2) is 11.6 Å². The lowest BCUT2D eigenvalue weighted by molar-refractivity contribution is 0.0888. The van der Waals surface area contributed by atoms with E-state index in [1.165, 1.54) is 11.3 Å². The van der Waals surface area contributed by atoms with Crippen LogP contribution in [0.15, 0.2) is 23.8 Å². The average molecular weight is 248 g/mol. The molecule has 88 valence electrons. The van der Waals surface area contributed by atoms with Gasteiger partial charge in [-0.15, -0.1) is 11.3 Å². The third-order valence-corrected chi connectivity index (χ3v) is 3.56. The summed E-state index contributed by atoms with van der Waals surface area (Å²) >= 11 is 1.37. The molecule has 0 spiro atoms. The number of ketones is 2. The zero-order valence-corrected chi connectivity index (χ0v) is 10.5. The average Bonchev–Trinajstić information content (AvgIpc) is 2.86. The molecular formula is C12H12N2O2S. The number of aromatic nitrogens is 2.